The SMILES string of the molecule is CC(C)CNCc1nnc(-n2cncn2)s1. The Morgan fingerprint density at radius 1 is 1.44 bits per heavy atom. The standard InChI is InChI=1S/C9H14N6S/c1-7(2)3-10-4-8-13-14-9(16-8)15-6-11-5-12-15/h5-7,10H,3-4H2,1-2H3. The lowest BCUT2D eigenvalue weighted by Gasteiger charge is -2.03. The van der Waals surface area contributed by atoms with Gasteiger partial charge >= 0.3 is 0 Å². The molecule has 0 bridgehead atoms. The molecule has 0 amide bonds. The van der Waals surface area contributed by atoms with E-state index in [-0.39, 0.29) is 0 Å². The molecule has 86 valence electrons. The number of nitrogens with zero attached hydrogens (tertiary/aromatic N) is 5. The number of nitrogens with one attached hydrogen (secondary N) is 1. The van der Waals surface area contributed by atoms with Crippen molar-refractivity contribution in [3.63, 3.8) is 0 Å². The van der Waals surface area contributed by atoms with Gasteiger partial charge in [0, 0.05) is 6.54 Å². The quantitative estimate of drug-likeness (QED) is 0.837. The van der Waals surface area contributed by atoms with Crippen molar-refractivity contribution in [1.82, 2.24) is 30.3 Å². The summed E-state index contributed by atoms with van der Waals surface area (Å²) in [4.78, 5) is 3.87. The smallest absolute Gasteiger partial charge is 0.234 e. The van der Waals surface area contributed by atoms with E-state index in [2.05, 4.69) is 39.4 Å². The van der Waals surface area contributed by atoms with Gasteiger partial charge in [-0.25, -0.2) is 4.98 Å². The summed E-state index contributed by atoms with van der Waals surface area (Å²) >= 11 is 1.52. The van der Waals surface area contributed by atoms with Crippen molar-refractivity contribution in [2.75, 3.05) is 6.54 Å². The molecule has 2 aromatic heterocycles. The van der Waals surface area contributed by atoms with Gasteiger partial charge in [0.25, 0.3) is 0 Å². The number of aromatic nitrogens is 5. The molecule has 0 spiro atoms. The molecule has 2 rings (SSSR count). The fraction of sp³-hybridized carbons (Fsp3) is 0.556. The normalized spacial score (nSPS) is 11.2. The first kappa shape index (κ1) is 11.2. The highest BCUT2D eigenvalue weighted by molar-refractivity contribution is 7.13. The van der Waals surface area contributed by atoms with Crippen molar-refractivity contribution in [3.8, 4) is 5.13 Å². The molecule has 0 saturated heterocycles. The van der Waals surface area contributed by atoms with Gasteiger partial charge in [-0.1, -0.05) is 25.2 Å². The molecular formula is C9H14N6S. The van der Waals surface area contributed by atoms with Crippen LogP contribution in [0.4, 0.5) is 0 Å². The zero-order chi connectivity index (χ0) is 11.4. The summed E-state index contributed by atoms with van der Waals surface area (Å²) in [5, 5.41) is 17.2. The van der Waals surface area contributed by atoms with Crippen molar-refractivity contribution < 1.29 is 0 Å². The van der Waals surface area contributed by atoms with Gasteiger partial charge in [0.15, 0.2) is 0 Å². The van der Waals surface area contributed by atoms with Crippen LogP contribution in [0.5, 0.6) is 0 Å². The molecular weight excluding hydrogens is 224 g/mol. The van der Waals surface area contributed by atoms with E-state index in [1.165, 1.54) is 17.7 Å². The second-order valence-corrected chi connectivity index (χ2v) is 4.88. The Kier molecular flexibility index (Phi) is 3.58. The van der Waals surface area contributed by atoms with Crippen LogP contribution in [0.3, 0.4) is 0 Å². The molecule has 1 N–H and O–H groups in total. The molecule has 0 fully saturated rings. The van der Waals surface area contributed by atoms with Crippen molar-refractivity contribution >= 4 is 11.3 Å². The maximum absolute atomic E-state index is 4.09. The molecule has 0 saturated carbocycles. The molecule has 2 heterocycles. The van der Waals surface area contributed by atoms with Crippen LogP contribution in [0, 0.1) is 5.92 Å². The Bertz CT molecular complexity index is 421. The summed E-state index contributed by atoms with van der Waals surface area (Å²) in [5.74, 6) is 0.641. The second-order valence-electron chi connectivity index (χ2n) is 3.84. The highest BCUT2D eigenvalue weighted by Crippen LogP contribution is 2.12. The Morgan fingerprint density at radius 2 is 2.31 bits per heavy atom. The number of hydrogen-bond acceptors (Lipinski definition) is 6. The Labute approximate surface area is 97.7 Å². The summed E-state index contributed by atoms with van der Waals surface area (Å²) in [6, 6.07) is 0. The fourth-order valence-corrected chi connectivity index (χ4v) is 1.92. The Balaban J connectivity index is 1.93. The summed E-state index contributed by atoms with van der Waals surface area (Å²) in [6.07, 6.45) is 3.10. The van der Waals surface area contributed by atoms with E-state index in [9.17, 15) is 0 Å². The summed E-state index contributed by atoms with van der Waals surface area (Å²) < 4.78 is 1.61. The van der Waals surface area contributed by atoms with Crippen LogP contribution in [0.2, 0.25) is 0 Å². The second kappa shape index (κ2) is 5.13. The van der Waals surface area contributed by atoms with Gasteiger partial charge in [-0.15, -0.1) is 10.2 Å². The topological polar surface area (TPSA) is 68.5 Å². The van der Waals surface area contributed by atoms with Crippen LogP contribution in [-0.4, -0.2) is 31.5 Å². The first-order valence-corrected chi connectivity index (χ1v) is 5.95. The van der Waals surface area contributed by atoms with E-state index >= 15 is 0 Å². The molecule has 2 aromatic rings. The van der Waals surface area contributed by atoms with Gasteiger partial charge in [-0.3, -0.25) is 0 Å². The van der Waals surface area contributed by atoms with E-state index in [1.807, 2.05) is 0 Å². The van der Waals surface area contributed by atoms with Crippen LogP contribution in [0.25, 0.3) is 5.13 Å². The lowest BCUT2D eigenvalue weighted by Crippen LogP contribution is -2.18. The molecule has 0 aliphatic rings. The number of rotatable bonds is 5. The summed E-state index contributed by atoms with van der Waals surface area (Å²) in [5.41, 5.74) is 0. The minimum absolute atomic E-state index is 0.641. The lowest BCUT2D eigenvalue weighted by molar-refractivity contribution is 0.550. The van der Waals surface area contributed by atoms with Gasteiger partial charge < -0.3 is 5.32 Å². The predicted molar refractivity (Wildman–Crippen MR) is 61.4 cm³/mol. The van der Waals surface area contributed by atoms with E-state index in [0.717, 1.165) is 23.2 Å². The maximum atomic E-state index is 4.09. The zero-order valence-corrected chi connectivity index (χ0v) is 10.1. The lowest BCUT2D eigenvalue weighted by atomic mass is 10.2. The highest BCUT2D eigenvalue weighted by atomic mass is 32.1. The van der Waals surface area contributed by atoms with E-state index < -0.39 is 0 Å². The highest BCUT2D eigenvalue weighted by Gasteiger charge is 2.06. The Hall–Kier alpha value is -1.34. The van der Waals surface area contributed by atoms with Crippen molar-refractivity contribution in [3.05, 3.63) is 17.7 Å². The van der Waals surface area contributed by atoms with Gasteiger partial charge in [-0.05, 0) is 12.5 Å². The molecule has 0 radical (unpaired) electrons. The minimum atomic E-state index is 0.641. The zero-order valence-electron chi connectivity index (χ0n) is 9.29. The molecule has 6 nitrogen and oxygen atoms in total. The average Bonchev–Trinajstić information content (AvgIpc) is 2.85. The third kappa shape index (κ3) is 2.83. The average molecular weight is 238 g/mol. The van der Waals surface area contributed by atoms with E-state index in [1.54, 1.807) is 11.0 Å². The van der Waals surface area contributed by atoms with Gasteiger partial charge in [0.1, 0.15) is 17.7 Å². The predicted octanol–water partition coefficient (Wildman–Crippen LogP) is 0.864. The fourth-order valence-electron chi connectivity index (χ4n) is 1.18. The molecule has 0 aliphatic heterocycles. The van der Waals surface area contributed by atoms with Crippen LogP contribution in [0.1, 0.15) is 18.9 Å². The molecule has 0 aromatic carbocycles. The van der Waals surface area contributed by atoms with E-state index in [4.69, 9.17) is 0 Å². The third-order valence-corrected chi connectivity index (χ3v) is 2.81. The van der Waals surface area contributed by atoms with Crippen molar-refractivity contribution in [1.29, 1.82) is 0 Å². The van der Waals surface area contributed by atoms with Crippen LogP contribution in [0.15, 0.2) is 12.7 Å². The van der Waals surface area contributed by atoms with Crippen LogP contribution in [-0.2, 0) is 6.54 Å². The summed E-state index contributed by atoms with van der Waals surface area (Å²) in [6.45, 7) is 6.09. The summed E-state index contributed by atoms with van der Waals surface area (Å²) in [7, 11) is 0. The van der Waals surface area contributed by atoms with E-state index in [0.29, 0.717) is 5.92 Å². The number of hydrogen-bond donors (Lipinski definition) is 1. The first-order chi connectivity index (χ1) is 7.75. The first-order valence-electron chi connectivity index (χ1n) is 5.14. The maximum Gasteiger partial charge on any atom is 0.234 e. The van der Waals surface area contributed by atoms with Crippen molar-refractivity contribution in [2.24, 2.45) is 5.92 Å². The van der Waals surface area contributed by atoms with Crippen molar-refractivity contribution in [2.45, 2.75) is 20.4 Å². The monoisotopic (exact) mass is 238 g/mol. The molecule has 0 unspecified atom stereocenters. The van der Waals surface area contributed by atoms with Gasteiger partial charge in [-0.2, -0.15) is 9.78 Å². The minimum Gasteiger partial charge on any atom is -0.310 e. The molecule has 16 heavy (non-hydrogen) atoms. The van der Waals surface area contributed by atoms with Gasteiger partial charge in [0.05, 0.1) is 0 Å². The Morgan fingerprint density at radius 3 is 3.00 bits per heavy atom. The van der Waals surface area contributed by atoms with Crippen LogP contribution < -0.4 is 5.32 Å². The van der Waals surface area contributed by atoms with Crippen LogP contribution >= 0.6 is 11.3 Å². The van der Waals surface area contributed by atoms with Gasteiger partial charge in [0.2, 0.25) is 5.13 Å². The molecule has 0 aliphatic carbocycles. The third-order valence-electron chi connectivity index (χ3n) is 1.90. The molecule has 0 atom stereocenters. The molecule has 7 heteroatoms. The largest absolute Gasteiger partial charge is 0.310 e.